The van der Waals surface area contributed by atoms with Crippen LogP contribution in [0.5, 0.6) is 5.75 Å². The van der Waals surface area contributed by atoms with Gasteiger partial charge in [-0.05, 0) is 49.6 Å². The van der Waals surface area contributed by atoms with Crippen LogP contribution in [0.3, 0.4) is 0 Å². The lowest BCUT2D eigenvalue weighted by Gasteiger charge is -2.20. The van der Waals surface area contributed by atoms with E-state index in [0.29, 0.717) is 18.8 Å². The lowest BCUT2D eigenvalue weighted by Crippen LogP contribution is -2.37. The smallest absolute Gasteiger partial charge is 0.243 e. The van der Waals surface area contributed by atoms with E-state index in [0.717, 1.165) is 18.6 Å². The van der Waals surface area contributed by atoms with Crippen molar-refractivity contribution in [3.8, 4) is 5.75 Å². The predicted octanol–water partition coefficient (Wildman–Crippen LogP) is 3.51. The van der Waals surface area contributed by atoms with E-state index in [1.807, 2.05) is 37.3 Å². The van der Waals surface area contributed by atoms with Crippen LogP contribution in [0.1, 0.15) is 25.8 Å². The van der Waals surface area contributed by atoms with Crippen molar-refractivity contribution in [3.63, 3.8) is 0 Å². The number of amides is 2. The first-order valence-electron chi connectivity index (χ1n) is 8.90. The molecule has 2 rings (SSSR count). The third-order valence-electron chi connectivity index (χ3n) is 3.97. The molecule has 0 unspecified atom stereocenters. The lowest BCUT2D eigenvalue weighted by molar-refractivity contribution is -0.132. The van der Waals surface area contributed by atoms with Gasteiger partial charge in [-0.25, -0.2) is 0 Å². The van der Waals surface area contributed by atoms with Crippen molar-refractivity contribution in [2.45, 2.75) is 26.7 Å². The van der Waals surface area contributed by atoms with Gasteiger partial charge in [0.05, 0.1) is 13.2 Å². The van der Waals surface area contributed by atoms with Gasteiger partial charge >= 0.3 is 0 Å². The van der Waals surface area contributed by atoms with E-state index in [9.17, 15) is 9.59 Å². The van der Waals surface area contributed by atoms with Gasteiger partial charge in [-0.1, -0.05) is 30.3 Å². The van der Waals surface area contributed by atoms with Gasteiger partial charge in [-0.15, -0.1) is 0 Å². The summed E-state index contributed by atoms with van der Waals surface area (Å²) in [6.45, 7) is 4.62. The number of aryl methyl sites for hydroxylation is 1. The fraction of sp³-hybridized carbons (Fsp3) is 0.333. The molecule has 0 heterocycles. The van der Waals surface area contributed by atoms with E-state index < -0.39 is 0 Å². The summed E-state index contributed by atoms with van der Waals surface area (Å²) in [4.78, 5) is 25.6. The number of carbonyl (C=O) groups excluding carboxylic acids is 2. The van der Waals surface area contributed by atoms with Gasteiger partial charge < -0.3 is 15.0 Å². The van der Waals surface area contributed by atoms with Crippen molar-refractivity contribution in [1.29, 1.82) is 0 Å². The number of nitrogens with zero attached hydrogens (tertiary/aromatic N) is 1. The molecule has 0 aromatic heterocycles. The maximum Gasteiger partial charge on any atom is 0.243 e. The first-order valence-corrected chi connectivity index (χ1v) is 8.90. The summed E-state index contributed by atoms with van der Waals surface area (Å²) < 4.78 is 5.38. The van der Waals surface area contributed by atoms with Gasteiger partial charge in [-0.2, -0.15) is 0 Å². The minimum atomic E-state index is -0.205. The molecule has 0 aliphatic carbocycles. The monoisotopic (exact) mass is 354 g/mol. The van der Waals surface area contributed by atoms with Gasteiger partial charge in [0.2, 0.25) is 11.8 Å². The van der Waals surface area contributed by atoms with Crippen molar-refractivity contribution in [2.75, 3.05) is 25.0 Å². The van der Waals surface area contributed by atoms with E-state index in [1.54, 1.807) is 17.0 Å². The summed E-state index contributed by atoms with van der Waals surface area (Å²) in [7, 11) is 0. The minimum Gasteiger partial charge on any atom is -0.494 e. The third-order valence-corrected chi connectivity index (χ3v) is 3.97. The largest absolute Gasteiger partial charge is 0.494 e. The fourth-order valence-corrected chi connectivity index (χ4v) is 2.64. The molecule has 0 saturated carbocycles. The molecule has 0 bridgehead atoms. The molecule has 2 aromatic rings. The molecule has 0 saturated heterocycles. The Labute approximate surface area is 155 Å². The Bertz CT molecular complexity index is 699. The van der Waals surface area contributed by atoms with Crippen molar-refractivity contribution in [1.82, 2.24) is 4.90 Å². The summed E-state index contributed by atoms with van der Waals surface area (Å²) in [6.07, 6.45) is 1.70. The summed E-state index contributed by atoms with van der Waals surface area (Å²) in [5.41, 5.74) is 1.92. The van der Waals surface area contributed by atoms with Gasteiger partial charge in [0.1, 0.15) is 5.75 Å². The van der Waals surface area contributed by atoms with Crippen LogP contribution in [0.4, 0.5) is 5.69 Å². The Morgan fingerprint density at radius 3 is 2.35 bits per heavy atom. The fourth-order valence-electron chi connectivity index (χ4n) is 2.64. The number of hydrogen-bond donors (Lipinski definition) is 1. The molecule has 0 spiro atoms. The third kappa shape index (κ3) is 6.59. The number of hydrogen-bond acceptors (Lipinski definition) is 3. The van der Waals surface area contributed by atoms with Crippen molar-refractivity contribution >= 4 is 17.5 Å². The SMILES string of the molecule is CCOc1ccc(NC(=O)CN(CCCc2ccccc2)C(C)=O)cc1. The molecule has 0 fully saturated rings. The number of nitrogens with one attached hydrogen (secondary N) is 1. The van der Waals surface area contributed by atoms with Gasteiger partial charge in [0.25, 0.3) is 0 Å². The highest BCUT2D eigenvalue weighted by atomic mass is 16.5. The number of benzene rings is 2. The molecule has 26 heavy (non-hydrogen) atoms. The molecule has 2 aromatic carbocycles. The Balaban J connectivity index is 1.82. The molecule has 1 N–H and O–H groups in total. The highest BCUT2D eigenvalue weighted by Crippen LogP contribution is 2.15. The van der Waals surface area contributed by atoms with Crippen LogP contribution in [0.2, 0.25) is 0 Å². The van der Waals surface area contributed by atoms with Crippen LogP contribution in [0.25, 0.3) is 0 Å². The molecular formula is C21H26N2O3. The summed E-state index contributed by atoms with van der Waals surface area (Å²) in [5, 5.41) is 2.82. The number of ether oxygens (including phenoxy) is 1. The van der Waals surface area contributed by atoms with Crippen molar-refractivity contribution in [3.05, 3.63) is 60.2 Å². The van der Waals surface area contributed by atoms with Crippen LogP contribution in [0, 0.1) is 0 Å². The topological polar surface area (TPSA) is 58.6 Å². The minimum absolute atomic E-state index is 0.0529. The zero-order valence-corrected chi connectivity index (χ0v) is 15.4. The van der Waals surface area contributed by atoms with E-state index in [4.69, 9.17) is 4.74 Å². The number of anilines is 1. The molecule has 138 valence electrons. The molecule has 0 aliphatic heterocycles. The predicted molar refractivity (Wildman–Crippen MR) is 103 cm³/mol. The van der Waals surface area contributed by atoms with Gasteiger partial charge in [0.15, 0.2) is 0 Å². The Hall–Kier alpha value is -2.82. The Morgan fingerprint density at radius 2 is 1.73 bits per heavy atom. The lowest BCUT2D eigenvalue weighted by atomic mass is 10.1. The molecule has 2 amide bonds. The van der Waals surface area contributed by atoms with E-state index in [2.05, 4.69) is 17.4 Å². The number of rotatable bonds is 9. The van der Waals surface area contributed by atoms with Gasteiger partial charge in [0, 0.05) is 19.2 Å². The average Bonchev–Trinajstić information content (AvgIpc) is 2.63. The highest BCUT2D eigenvalue weighted by Gasteiger charge is 2.13. The first kappa shape index (κ1) is 19.5. The van der Waals surface area contributed by atoms with Crippen molar-refractivity contribution < 1.29 is 14.3 Å². The quantitative estimate of drug-likeness (QED) is 0.750. The zero-order chi connectivity index (χ0) is 18.8. The average molecular weight is 354 g/mol. The van der Waals surface area contributed by atoms with E-state index in [-0.39, 0.29) is 18.4 Å². The number of carbonyl (C=O) groups is 2. The maximum absolute atomic E-state index is 12.2. The normalized spacial score (nSPS) is 10.2. The molecule has 5 heteroatoms. The maximum atomic E-state index is 12.2. The van der Waals surface area contributed by atoms with Crippen LogP contribution in [-0.2, 0) is 16.0 Å². The van der Waals surface area contributed by atoms with Crippen molar-refractivity contribution in [2.24, 2.45) is 0 Å². The second kappa shape index (κ2) is 10.2. The molecule has 5 nitrogen and oxygen atoms in total. The molecule has 0 radical (unpaired) electrons. The summed E-state index contributed by atoms with van der Waals surface area (Å²) >= 11 is 0. The van der Waals surface area contributed by atoms with Crippen LogP contribution in [-0.4, -0.2) is 36.4 Å². The van der Waals surface area contributed by atoms with Crippen LogP contribution >= 0.6 is 0 Å². The standard InChI is InChI=1S/C21H26N2O3/c1-3-26-20-13-11-19(12-14-20)22-21(25)16-23(17(2)24)15-7-10-18-8-5-4-6-9-18/h4-6,8-9,11-14H,3,7,10,15-16H2,1-2H3,(H,22,25). The van der Waals surface area contributed by atoms with Crippen LogP contribution < -0.4 is 10.1 Å². The second-order valence-corrected chi connectivity index (χ2v) is 6.04. The molecule has 0 atom stereocenters. The Kier molecular flexibility index (Phi) is 7.68. The Morgan fingerprint density at radius 1 is 1.04 bits per heavy atom. The first-order chi connectivity index (χ1) is 12.6. The highest BCUT2D eigenvalue weighted by molar-refractivity contribution is 5.94. The summed E-state index contributed by atoms with van der Waals surface area (Å²) in [5.74, 6) is 0.459. The van der Waals surface area contributed by atoms with E-state index in [1.165, 1.54) is 12.5 Å². The van der Waals surface area contributed by atoms with E-state index >= 15 is 0 Å². The zero-order valence-electron chi connectivity index (χ0n) is 15.4. The molecule has 0 aliphatic rings. The second-order valence-electron chi connectivity index (χ2n) is 6.04. The van der Waals surface area contributed by atoms with Gasteiger partial charge in [-0.3, -0.25) is 9.59 Å². The van der Waals surface area contributed by atoms with Crippen LogP contribution in [0.15, 0.2) is 54.6 Å². The summed E-state index contributed by atoms with van der Waals surface area (Å²) in [6, 6.07) is 17.3. The molecular weight excluding hydrogens is 328 g/mol.